The molecular formula is C21H21FN4. The maximum atomic E-state index is 12.9. The number of rotatable bonds is 6. The number of nitrogens with zero attached hydrogens (tertiary/aromatic N) is 2. The second-order valence-corrected chi connectivity index (χ2v) is 6.04. The van der Waals surface area contributed by atoms with Gasteiger partial charge in [-0.1, -0.05) is 12.1 Å². The number of hydrogen-bond acceptors (Lipinski definition) is 4. The van der Waals surface area contributed by atoms with Gasteiger partial charge in [-0.3, -0.25) is 9.98 Å². The molecule has 1 aliphatic rings. The summed E-state index contributed by atoms with van der Waals surface area (Å²) in [4.78, 5) is 8.78. The van der Waals surface area contributed by atoms with Gasteiger partial charge in [0.2, 0.25) is 0 Å². The number of pyridine rings is 1. The topological polar surface area (TPSA) is 61.1 Å². The Hall–Kier alpha value is -3.08. The summed E-state index contributed by atoms with van der Waals surface area (Å²) in [6, 6.07) is 10.2. The molecule has 2 heterocycles. The highest BCUT2D eigenvalue weighted by Crippen LogP contribution is 2.19. The van der Waals surface area contributed by atoms with E-state index in [4.69, 9.17) is 5.41 Å². The molecule has 0 fully saturated rings. The number of allylic oxidation sites excluding steroid dienone is 3. The summed E-state index contributed by atoms with van der Waals surface area (Å²) in [5.41, 5.74) is 4.38. The molecule has 1 aromatic carbocycles. The lowest BCUT2D eigenvalue weighted by atomic mass is 9.95. The standard InChI is InChI=1S/C21H21FN4/c22-19-7-5-16(6-8-19)14-25-12-9-20(23)13-17-3-2-11-26-21(17)18-4-1-10-24-15-18/h1,4-10,12-13,15,23,25H,2-3,11,14H2/b12-9-,17-13+,23-20?. The van der Waals surface area contributed by atoms with Crippen LogP contribution >= 0.6 is 0 Å². The van der Waals surface area contributed by atoms with Crippen molar-refractivity contribution in [2.75, 3.05) is 6.54 Å². The predicted octanol–water partition coefficient (Wildman–Crippen LogP) is 4.05. The van der Waals surface area contributed by atoms with Gasteiger partial charge < -0.3 is 10.7 Å². The van der Waals surface area contributed by atoms with E-state index in [1.165, 1.54) is 12.1 Å². The highest BCUT2D eigenvalue weighted by Gasteiger charge is 2.14. The predicted molar refractivity (Wildman–Crippen MR) is 103 cm³/mol. The summed E-state index contributed by atoms with van der Waals surface area (Å²) in [6.07, 6.45) is 10.8. The van der Waals surface area contributed by atoms with Crippen molar-refractivity contribution in [3.63, 3.8) is 0 Å². The molecule has 2 aromatic rings. The van der Waals surface area contributed by atoms with E-state index in [2.05, 4.69) is 15.3 Å². The number of nitrogens with one attached hydrogen (secondary N) is 2. The zero-order valence-electron chi connectivity index (χ0n) is 14.5. The van der Waals surface area contributed by atoms with Gasteiger partial charge >= 0.3 is 0 Å². The van der Waals surface area contributed by atoms with Gasteiger partial charge in [0.05, 0.1) is 11.4 Å². The van der Waals surface area contributed by atoms with Crippen LogP contribution in [0.25, 0.3) is 0 Å². The molecule has 0 aliphatic carbocycles. The lowest BCUT2D eigenvalue weighted by Gasteiger charge is -2.16. The first kappa shape index (κ1) is 17.7. The Kier molecular flexibility index (Phi) is 6.04. The second kappa shape index (κ2) is 8.85. The van der Waals surface area contributed by atoms with Gasteiger partial charge in [0.25, 0.3) is 0 Å². The van der Waals surface area contributed by atoms with E-state index in [1.807, 2.05) is 24.4 Å². The summed E-state index contributed by atoms with van der Waals surface area (Å²) in [7, 11) is 0. The fraction of sp³-hybridized carbons (Fsp3) is 0.190. The Morgan fingerprint density at radius 1 is 1.23 bits per heavy atom. The molecule has 1 aliphatic heterocycles. The number of benzene rings is 1. The van der Waals surface area contributed by atoms with Crippen LogP contribution in [0.5, 0.6) is 0 Å². The minimum absolute atomic E-state index is 0.240. The molecule has 0 atom stereocenters. The van der Waals surface area contributed by atoms with Crippen molar-refractivity contribution in [1.82, 2.24) is 10.3 Å². The third kappa shape index (κ3) is 4.96. The quantitative estimate of drug-likeness (QED) is 0.774. The van der Waals surface area contributed by atoms with Gasteiger partial charge in [-0.25, -0.2) is 4.39 Å². The fourth-order valence-corrected chi connectivity index (χ4v) is 2.76. The van der Waals surface area contributed by atoms with E-state index in [-0.39, 0.29) is 5.82 Å². The minimum Gasteiger partial charge on any atom is -0.387 e. The first-order valence-corrected chi connectivity index (χ1v) is 8.61. The molecule has 0 saturated carbocycles. The van der Waals surface area contributed by atoms with E-state index in [9.17, 15) is 4.39 Å². The lowest BCUT2D eigenvalue weighted by Crippen LogP contribution is -2.13. The number of hydrogen-bond donors (Lipinski definition) is 2. The molecule has 0 radical (unpaired) electrons. The number of halogens is 1. The van der Waals surface area contributed by atoms with Crippen molar-refractivity contribution in [3.05, 3.63) is 89.7 Å². The minimum atomic E-state index is -0.240. The Morgan fingerprint density at radius 2 is 2.08 bits per heavy atom. The maximum Gasteiger partial charge on any atom is 0.123 e. The van der Waals surface area contributed by atoms with Gasteiger partial charge in [0.15, 0.2) is 0 Å². The highest BCUT2D eigenvalue weighted by molar-refractivity contribution is 6.17. The lowest BCUT2D eigenvalue weighted by molar-refractivity contribution is 0.626. The fourth-order valence-electron chi connectivity index (χ4n) is 2.76. The largest absolute Gasteiger partial charge is 0.387 e. The van der Waals surface area contributed by atoms with Gasteiger partial charge in [-0.2, -0.15) is 0 Å². The van der Waals surface area contributed by atoms with Crippen LogP contribution in [0, 0.1) is 11.2 Å². The van der Waals surface area contributed by atoms with E-state index in [0.717, 1.165) is 41.8 Å². The van der Waals surface area contributed by atoms with Gasteiger partial charge in [-0.05, 0) is 66.6 Å². The van der Waals surface area contributed by atoms with Crippen LogP contribution < -0.4 is 5.32 Å². The van der Waals surface area contributed by atoms with Crippen LogP contribution in [0.4, 0.5) is 4.39 Å². The molecule has 26 heavy (non-hydrogen) atoms. The number of aliphatic imine (C=N–C) groups is 1. The summed E-state index contributed by atoms with van der Waals surface area (Å²) in [5.74, 6) is -0.240. The van der Waals surface area contributed by atoms with E-state index < -0.39 is 0 Å². The Balaban J connectivity index is 1.61. The average molecular weight is 348 g/mol. The van der Waals surface area contributed by atoms with Gasteiger partial charge in [0, 0.05) is 31.0 Å². The first-order chi connectivity index (χ1) is 12.7. The van der Waals surface area contributed by atoms with Gasteiger partial charge in [-0.15, -0.1) is 0 Å². The van der Waals surface area contributed by atoms with Crippen LogP contribution in [0.15, 0.2) is 77.7 Å². The Morgan fingerprint density at radius 3 is 2.85 bits per heavy atom. The molecule has 0 spiro atoms. The zero-order valence-corrected chi connectivity index (χ0v) is 14.5. The maximum absolute atomic E-state index is 12.9. The molecule has 1 aromatic heterocycles. The molecule has 4 nitrogen and oxygen atoms in total. The second-order valence-electron chi connectivity index (χ2n) is 6.04. The summed E-state index contributed by atoms with van der Waals surface area (Å²) < 4.78 is 12.9. The summed E-state index contributed by atoms with van der Waals surface area (Å²) in [5, 5.41) is 11.3. The average Bonchev–Trinajstić information content (AvgIpc) is 2.68. The number of aromatic nitrogens is 1. The normalized spacial score (nSPS) is 15.9. The molecule has 3 rings (SSSR count). The van der Waals surface area contributed by atoms with Crippen molar-refractivity contribution in [1.29, 1.82) is 5.41 Å². The van der Waals surface area contributed by atoms with Crippen LogP contribution in [-0.4, -0.2) is 23.0 Å². The van der Waals surface area contributed by atoms with Crippen LogP contribution in [-0.2, 0) is 6.54 Å². The first-order valence-electron chi connectivity index (χ1n) is 8.61. The molecule has 0 amide bonds. The monoisotopic (exact) mass is 348 g/mol. The summed E-state index contributed by atoms with van der Waals surface area (Å²) in [6.45, 7) is 1.40. The summed E-state index contributed by atoms with van der Waals surface area (Å²) >= 11 is 0. The zero-order chi connectivity index (χ0) is 18.2. The molecule has 0 saturated heterocycles. The van der Waals surface area contributed by atoms with E-state index >= 15 is 0 Å². The molecular weight excluding hydrogens is 327 g/mol. The third-order valence-corrected chi connectivity index (χ3v) is 4.04. The smallest absolute Gasteiger partial charge is 0.123 e. The van der Waals surface area contributed by atoms with Crippen molar-refractivity contribution in [3.8, 4) is 0 Å². The molecule has 132 valence electrons. The van der Waals surface area contributed by atoms with Crippen LogP contribution in [0.2, 0.25) is 0 Å². The Bertz CT molecular complexity index is 836. The van der Waals surface area contributed by atoms with Crippen molar-refractivity contribution in [2.45, 2.75) is 19.4 Å². The molecule has 0 unspecified atom stereocenters. The van der Waals surface area contributed by atoms with E-state index in [0.29, 0.717) is 12.3 Å². The third-order valence-electron chi connectivity index (χ3n) is 4.04. The molecule has 5 heteroatoms. The van der Waals surface area contributed by atoms with Gasteiger partial charge in [0.1, 0.15) is 5.82 Å². The van der Waals surface area contributed by atoms with Crippen molar-refractivity contribution in [2.24, 2.45) is 4.99 Å². The van der Waals surface area contributed by atoms with Crippen molar-refractivity contribution < 1.29 is 4.39 Å². The van der Waals surface area contributed by atoms with Crippen LogP contribution in [0.3, 0.4) is 0 Å². The Labute approximate surface area is 152 Å². The SMILES string of the molecule is N=C(/C=C\NCc1ccc(F)cc1)/C=C1\CCCN=C1c1cccnc1. The molecule has 0 bridgehead atoms. The van der Waals surface area contributed by atoms with Crippen molar-refractivity contribution >= 4 is 11.4 Å². The van der Waals surface area contributed by atoms with Crippen LogP contribution in [0.1, 0.15) is 24.0 Å². The van der Waals surface area contributed by atoms with E-state index in [1.54, 1.807) is 30.6 Å². The highest BCUT2D eigenvalue weighted by atomic mass is 19.1. The molecule has 2 N–H and O–H groups in total.